The molecule has 0 spiro atoms. The van der Waals surface area contributed by atoms with Crippen molar-refractivity contribution in [2.75, 3.05) is 13.2 Å². The second kappa shape index (κ2) is 7.56. The summed E-state index contributed by atoms with van der Waals surface area (Å²) < 4.78 is 5.27. The summed E-state index contributed by atoms with van der Waals surface area (Å²) >= 11 is 0. The van der Waals surface area contributed by atoms with Crippen molar-refractivity contribution in [1.82, 2.24) is 0 Å². The molecule has 0 saturated carbocycles. The van der Waals surface area contributed by atoms with Crippen LogP contribution >= 0.6 is 0 Å². The van der Waals surface area contributed by atoms with Crippen molar-refractivity contribution in [3.8, 4) is 6.07 Å². The highest BCUT2D eigenvalue weighted by atomic mass is 16.5. The molecule has 0 bridgehead atoms. The van der Waals surface area contributed by atoms with Crippen molar-refractivity contribution in [2.24, 2.45) is 5.92 Å². The van der Waals surface area contributed by atoms with Crippen molar-refractivity contribution in [1.29, 1.82) is 5.26 Å². The van der Waals surface area contributed by atoms with Crippen molar-refractivity contribution in [2.45, 2.75) is 33.1 Å². The first-order valence-electron chi connectivity index (χ1n) is 4.26. The van der Waals surface area contributed by atoms with Crippen LogP contribution in [0.2, 0.25) is 0 Å². The molecule has 2 nitrogen and oxygen atoms in total. The van der Waals surface area contributed by atoms with Crippen LogP contribution in [0.25, 0.3) is 0 Å². The summed E-state index contributed by atoms with van der Waals surface area (Å²) in [5.41, 5.74) is 0. The summed E-state index contributed by atoms with van der Waals surface area (Å²) in [5, 5.41) is 8.20. The Labute approximate surface area is 69.2 Å². The molecule has 0 rings (SSSR count). The molecular weight excluding hydrogens is 138 g/mol. The van der Waals surface area contributed by atoms with E-state index in [4.69, 9.17) is 10.00 Å². The molecule has 11 heavy (non-hydrogen) atoms. The standard InChI is InChI=1S/C9H17NO/c1-3-5-9(2)8-11-7-4-6-10/h9H,3-5,7-8H2,1-2H3. The van der Waals surface area contributed by atoms with Crippen LogP contribution in [0, 0.1) is 17.2 Å². The first kappa shape index (κ1) is 10.4. The number of ether oxygens (including phenoxy) is 1. The van der Waals surface area contributed by atoms with Crippen LogP contribution in [-0.4, -0.2) is 13.2 Å². The molecule has 2 heteroatoms. The first-order valence-corrected chi connectivity index (χ1v) is 4.26. The number of hydrogen-bond donors (Lipinski definition) is 0. The summed E-state index contributed by atoms with van der Waals surface area (Å²) in [6.45, 7) is 5.74. The molecule has 0 heterocycles. The Morgan fingerprint density at radius 1 is 1.55 bits per heavy atom. The minimum Gasteiger partial charge on any atom is -0.380 e. The monoisotopic (exact) mass is 155 g/mol. The van der Waals surface area contributed by atoms with Gasteiger partial charge in [-0.05, 0) is 12.3 Å². The van der Waals surface area contributed by atoms with Crippen LogP contribution in [0.5, 0.6) is 0 Å². The Bertz CT molecular complexity index is 117. The smallest absolute Gasteiger partial charge is 0.0645 e. The third kappa shape index (κ3) is 7.35. The Hall–Kier alpha value is -0.550. The van der Waals surface area contributed by atoms with E-state index < -0.39 is 0 Å². The van der Waals surface area contributed by atoms with E-state index in [0.717, 1.165) is 6.61 Å². The van der Waals surface area contributed by atoms with Crippen LogP contribution in [0.4, 0.5) is 0 Å². The SMILES string of the molecule is CCCC(C)COCCC#N. The fraction of sp³-hybridized carbons (Fsp3) is 0.889. The van der Waals surface area contributed by atoms with Gasteiger partial charge in [-0.1, -0.05) is 20.3 Å². The highest BCUT2D eigenvalue weighted by molar-refractivity contribution is 4.67. The van der Waals surface area contributed by atoms with Crippen LogP contribution in [0.15, 0.2) is 0 Å². The second-order valence-corrected chi connectivity index (χ2v) is 2.88. The summed E-state index contributed by atoms with van der Waals surface area (Å²) in [7, 11) is 0. The van der Waals surface area contributed by atoms with Crippen molar-refractivity contribution >= 4 is 0 Å². The predicted octanol–water partition coefficient (Wildman–Crippen LogP) is 2.35. The highest BCUT2D eigenvalue weighted by Crippen LogP contribution is 2.04. The molecule has 0 radical (unpaired) electrons. The van der Waals surface area contributed by atoms with E-state index in [0.29, 0.717) is 18.9 Å². The molecule has 0 fully saturated rings. The van der Waals surface area contributed by atoms with Gasteiger partial charge < -0.3 is 4.74 Å². The maximum atomic E-state index is 8.20. The largest absolute Gasteiger partial charge is 0.380 e. The van der Waals surface area contributed by atoms with Gasteiger partial charge in [0.1, 0.15) is 0 Å². The van der Waals surface area contributed by atoms with Gasteiger partial charge in [0.15, 0.2) is 0 Å². The second-order valence-electron chi connectivity index (χ2n) is 2.88. The fourth-order valence-corrected chi connectivity index (χ4v) is 0.978. The van der Waals surface area contributed by atoms with Crippen LogP contribution in [0.3, 0.4) is 0 Å². The Morgan fingerprint density at radius 3 is 2.82 bits per heavy atom. The molecular formula is C9H17NO. The third-order valence-corrected chi connectivity index (χ3v) is 1.54. The van der Waals surface area contributed by atoms with Crippen molar-refractivity contribution in [3.63, 3.8) is 0 Å². The lowest BCUT2D eigenvalue weighted by Gasteiger charge is -2.08. The topological polar surface area (TPSA) is 33.0 Å². The quantitative estimate of drug-likeness (QED) is 0.551. The van der Waals surface area contributed by atoms with Gasteiger partial charge in [-0.3, -0.25) is 0 Å². The van der Waals surface area contributed by atoms with E-state index in [1.54, 1.807) is 0 Å². The molecule has 0 aliphatic carbocycles. The van der Waals surface area contributed by atoms with Crippen LogP contribution < -0.4 is 0 Å². The first-order chi connectivity index (χ1) is 5.31. The molecule has 1 unspecified atom stereocenters. The molecule has 0 saturated heterocycles. The number of nitriles is 1. The number of nitrogens with zero attached hydrogens (tertiary/aromatic N) is 1. The van der Waals surface area contributed by atoms with E-state index >= 15 is 0 Å². The number of hydrogen-bond acceptors (Lipinski definition) is 2. The normalized spacial score (nSPS) is 12.5. The molecule has 0 N–H and O–H groups in total. The molecule has 0 aliphatic heterocycles. The van der Waals surface area contributed by atoms with E-state index in [9.17, 15) is 0 Å². The zero-order valence-electron chi connectivity index (χ0n) is 7.47. The van der Waals surface area contributed by atoms with Gasteiger partial charge >= 0.3 is 0 Å². The lowest BCUT2D eigenvalue weighted by molar-refractivity contribution is 0.106. The van der Waals surface area contributed by atoms with Gasteiger partial charge in [0, 0.05) is 6.61 Å². The van der Waals surface area contributed by atoms with Crippen molar-refractivity contribution < 1.29 is 4.74 Å². The summed E-state index contributed by atoms with van der Waals surface area (Å²) in [4.78, 5) is 0. The van der Waals surface area contributed by atoms with E-state index in [-0.39, 0.29) is 0 Å². The van der Waals surface area contributed by atoms with Crippen molar-refractivity contribution in [3.05, 3.63) is 0 Å². The van der Waals surface area contributed by atoms with E-state index in [1.807, 2.05) is 6.07 Å². The Kier molecular flexibility index (Phi) is 7.18. The lowest BCUT2D eigenvalue weighted by atomic mass is 10.1. The number of rotatable bonds is 6. The van der Waals surface area contributed by atoms with Gasteiger partial charge in [0.05, 0.1) is 19.1 Å². The average Bonchev–Trinajstić information content (AvgIpc) is 1.99. The molecule has 0 aromatic carbocycles. The lowest BCUT2D eigenvalue weighted by Crippen LogP contribution is -2.06. The van der Waals surface area contributed by atoms with Crippen LogP contribution in [0.1, 0.15) is 33.1 Å². The minimum absolute atomic E-state index is 0.513. The van der Waals surface area contributed by atoms with Gasteiger partial charge in [-0.25, -0.2) is 0 Å². The Balaban J connectivity index is 3.05. The molecule has 0 aromatic rings. The molecule has 64 valence electrons. The third-order valence-electron chi connectivity index (χ3n) is 1.54. The maximum Gasteiger partial charge on any atom is 0.0645 e. The zero-order valence-corrected chi connectivity index (χ0v) is 7.47. The molecule has 1 atom stereocenters. The van der Waals surface area contributed by atoms with E-state index in [2.05, 4.69) is 13.8 Å². The zero-order chi connectivity index (χ0) is 8.53. The molecule has 0 amide bonds. The van der Waals surface area contributed by atoms with Gasteiger partial charge in [0.2, 0.25) is 0 Å². The van der Waals surface area contributed by atoms with E-state index in [1.165, 1.54) is 12.8 Å². The Morgan fingerprint density at radius 2 is 2.27 bits per heavy atom. The molecule has 0 aliphatic rings. The predicted molar refractivity (Wildman–Crippen MR) is 45.1 cm³/mol. The maximum absolute atomic E-state index is 8.20. The molecule has 0 aromatic heterocycles. The average molecular weight is 155 g/mol. The minimum atomic E-state index is 0.513. The van der Waals surface area contributed by atoms with Gasteiger partial charge in [0.25, 0.3) is 0 Å². The van der Waals surface area contributed by atoms with Crippen LogP contribution in [-0.2, 0) is 4.74 Å². The summed E-state index contributed by atoms with van der Waals surface area (Å²) in [6, 6.07) is 2.05. The summed E-state index contributed by atoms with van der Waals surface area (Å²) in [5.74, 6) is 0.638. The van der Waals surface area contributed by atoms with Gasteiger partial charge in [-0.15, -0.1) is 0 Å². The summed E-state index contributed by atoms with van der Waals surface area (Å²) in [6.07, 6.45) is 2.94. The van der Waals surface area contributed by atoms with Gasteiger partial charge in [-0.2, -0.15) is 5.26 Å². The fourth-order valence-electron chi connectivity index (χ4n) is 0.978. The highest BCUT2D eigenvalue weighted by Gasteiger charge is 1.99.